The summed E-state index contributed by atoms with van der Waals surface area (Å²) in [6.45, 7) is 49.5. The summed E-state index contributed by atoms with van der Waals surface area (Å²) < 4.78 is 13.0. The SMILES string of the molecule is CC(C)(C)c1cc(C(C)(C)C)c2c(c1[O-])[N-]c1c([O-])c(C(C)(C)C)cc(C(C)(C)C)c1O2.CC(C)(C)c1cc(C(C)(C)C)c2c(c1[O-])[N-]c1c([O-])c(C(C)(C)C)cc(C(C)(C)C)c1O2.[W]. The molecule has 0 bridgehead atoms. The van der Waals surface area contributed by atoms with Crippen LogP contribution < -0.4 is 29.9 Å². The molecule has 2 aliphatic rings. The number of rotatable bonds is 0. The Balaban J connectivity index is 0.000000280. The van der Waals surface area contributed by atoms with Gasteiger partial charge in [-0.05, 0) is 65.6 Å². The Morgan fingerprint density at radius 1 is 0.277 bits per heavy atom. The van der Waals surface area contributed by atoms with Gasteiger partial charge in [0, 0.05) is 21.1 Å². The number of hydrogen-bond acceptors (Lipinski definition) is 6. The molecule has 9 heteroatoms. The molecule has 0 amide bonds. The molecular weight excluding hydrogens is 980 g/mol. The molecule has 358 valence electrons. The second-order valence-corrected chi connectivity index (χ2v) is 26.3. The molecule has 8 nitrogen and oxygen atoms in total. The van der Waals surface area contributed by atoms with Crippen molar-refractivity contribution in [3.63, 3.8) is 0 Å². The summed E-state index contributed by atoms with van der Waals surface area (Å²) in [5.41, 5.74) is 4.98. The van der Waals surface area contributed by atoms with Crippen LogP contribution in [0, 0.1) is 0 Å². The summed E-state index contributed by atoms with van der Waals surface area (Å²) in [6, 6.07) is 7.89. The molecule has 0 atom stereocenters. The van der Waals surface area contributed by atoms with E-state index < -0.39 is 0 Å². The number of hydrogen-bond donors (Lipinski definition) is 0. The van der Waals surface area contributed by atoms with Crippen molar-refractivity contribution < 1.29 is 51.0 Å². The zero-order valence-corrected chi connectivity index (χ0v) is 47.0. The van der Waals surface area contributed by atoms with Gasteiger partial charge in [0.1, 0.15) is 23.0 Å². The van der Waals surface area contributed by atoms with E-state index in [1.54, 1.807) is 0 Å². The molecule has 2 heterocycles. The first kappa shape index (κ1) is 53.6. The molecule has 0 aromatic heterocycles. The predicted octanol–water partition coefficient (Wildman–Crippen LogP) is 14.9. The zero-order valence-electron chi connectivity index (χ0n) is 44.1. The third kappa shape index (κ3) is 10.3. The summed E-state index contributed by atoms with van der Waals surface area (Å²) in [7, 11) is 0. The second kappa shape index (κ2) is 16.6. The molecule has 0 spiro atoms. The van der Waals surface area contributed by atoms with E-state index in [1.165, 1.54) is 0 Å². The smallest absolute Gasteiger partial charge is 0.115 e. The van der Waals surface area contributed by atoms with Crippen molar-refractivity contribution in [3.05, 3.63) is 79.4 Å². The monoisotopic (exact) mass is 1060 g/mol. The Kier molecular flexibility index (Phi) is 13.7. The Labute approximate surface area is 406 Å². The molecule has 4 aromatic rings. The fraction of sp³-hybridized carbons (Fsp3) is 0.571. The van der Waals surface area contributed by atoms with Gasteiger partial charge in [-0.3, -0.25) is 0 Å². The van der Waals surface area contributed by atoms with E-state index in [9.17, 15) is 20.4 Å². The molecule has 0 saturated heterocycles. The predicted molar refractivity (Wildman–Crippen MR) is 259 cm³/mol. The van der Waals surface area contributed by atoms with Gasteiger partial charge in [-0.1, -0.05) is 235 Å². The van der Waals surface area contributed by atoms with Crippen molar-refractivity contribution in [2.24, 2.45) is 0 Å². The fourth-order valence-electron chi connectivity index (χ4n) is 8.24. The van der Waals surface area contributed by atoms with Crippen LogP contribution in [0.25, 0.3) is 10.6 Å². The van der Waals surface area contributed by atoms with Crippen LogP contribution in [0.4, 0.5) is 22.7 Å². The van der Waals surface area contributed by atoms with Gasteiger partial charge in [0.05, 0.1) is 0 Å². The van der Waals surface area contributed by atoms with Gasteiger partial charge in [-0.25, -0.2) is 0 Å². The quantitative estimate of drug-likeness (QED) is 0.148. The van der Waals surface area contributed by atoms with E-state index in [2.05, 4.69) is 83.1 Å². The van der Waals surface area contributed by atoms with Crippen LogP contribution in [0.15, 0.2) is 24.3 Å². The van der Waals surface area contributed by atoms with Crippen LogP contribution in [-0.4, -0.2) is 0 Å². The fourth-order valence-corrected chi connectivity index (χ4v) is 8.24. The van der Waals surface area contributed by atoms with Crippen molar-refractivity contribution in [1.29, 1.82) is 0 Å². The minimum absolute atomic E-state index is 0. The van der Waals surface area contributed by atoms with Crippen molar-refractivity contribution in [2.75, 3.05) is 0 Å². The average molecular weight is 1060 g/mol. The first-order valence-electron chi connectivity index (χ1n) is 22.8. The zero-order chi connectivity index (χ0) is 49.2. The third-order valence-corrected chi connectivity index (χ3v) is 12.2. The van der Waals surface area contributed by atoms with Crippen LogP contribution in [0.3, 0.4) is 0 Å². The van der Waals surface area contributed by atoms with E-state index >= 15 is 0 Å². The second-order valence-electron chi connectivity index (χ2n) is 26.3. The number of benzene rings is 4. The molecule has 0 aliphatic carbocycles. The van der Waals surface area contributed by atoms with Gasteiger partial charge in [-0.2, -0.15) is 0 Å². The largest absolute Gasteiger partial charge is 0.873 e. The first-order chi connectivity index (χ1) is 28.5. The van der Waals surface area contributed by atoms with Crippen LogP contribution in [0.1, 0.15) is 211 Å². The Hall–Kier alpha value is -4.03. The van der Waals surface area contributed by atoms with E-state index in [0.717, 1.165) is 22.3 Å². The van der Waals surface area contributed by atoms with Gasteiger partial charge in [-0.15, -0.1) is 23.0 Å². The maximum absolute atomic E-state index is 13.5. The third-order valence-electron chi connectivity index (χ3n) is 12.2. The molecule has 6 rings (SSSR count). The molecule has 0 radical (unpaired) electrons. The molecule has 2 aliphatic heterocycles. The maximum atomic E-state index is 13.5. The van der Waals surface area contributed by atoms with E-state index in [0.29, 0.717) is 45.3 Å². The van der Waals surface area contributed by atoms with E-state index in [1.807, 2.05) is 107 Å². The van der Waals surface area contributed by atoms with Crippen LogP contribution in [0.2, 0.25) is 0 Å². The average Bonchev–Trinajstić information content (AvgIpc) is 3.07. The summed E-state index contributed by atoms with van der Waals surface area (Å²) in [5, 5.41) is 63.7. The number of nitrogens with zero attached hydrogens (tertiary/aromatic N) is 2. The Morgan fingerprint density at radius 2 is 0.415 bits per heavy atom. The topological polar surface area (TPSA) is 139 Å². The molecular formula is C56H76N2O6W-6. The van der Waals surface area contributed by atoms with Crippen LogP contribution in [-0.2, 0) is 64.4 Å². The van der Waals surface area contributed by atoms with E-state index in [4.69, 9.17) is 20.1 Å². The number of ether oxygens (including phenoxy) is 2. The van der Waals surface area contributed by atoms with Crippen molar-refractivity contribution in [3.8, 4) is 46.0 Å². The van der Waals surface area contributed by atoms with Gasteiger partial charge in [0.15, 0.2) is 0 Å². The first-order valence-corrected chi connectivity index (χ1v) is 22.8. The van der Waals surface area contributed by atoms with Crippen molar-refractivity contribution >= 4 is 22.7 Å². The van der Waals surface area contributed by atoms with Gasteiger partial charge >= 0.3 is 0 Å². The van der Waals surface area contributed by atoms with Crippen LogP contribution >= 0.6 is 0 Å². The summed E-state index contributed by atoms with van der Waals surface area (Å²) in [6.07, 6.45) is 0. The molecule has 0 saturated carbocycles. The summed E-state index contributed by atoms with van der Waals surface area (Å²) in [4.78, 5) is 0. The van der Waals surface area contributed by atoms with Gasteiger partial charge < -0.3 is 40.5 Å². The molecule has 0 fully saturated rings. The van der Waals surface area contributed by atoms with Gasteiger partial charge in [0.25, 0.3) is 0 Å². The normalized spacial score (nSPS) is 14.2. The standard InChI is InChI=1S/2C28H40NO3.W/c2*1-25(2,3)15-13-17(27(7,8)9)23-19(21(15)30)29-20-22(31)16(26(4,5)6)14-18(24(20)32-23)28(10,11)12;/h2*13-14,30-31H,1-12H3;/q2*-1;/p-4. The molecule has 0 unspecified atom stereocenters. The Bertz CT molecular complexity index is 2150. The Morgan fingerprint density at radius 3 is 0.538 bits per heavy atom. The number of fused-ring (bicyclic) bond motifs is 4. The van der Waals surface area contributed by atoms with Crippen molar-refractivity contribution in [2.45, 2.75) is 209 Å². The molecule has 65 heavy (non-hydrogen) atoms. The minimum atomic E-state index is -0.355. The van der Waals surface area contributed by atoms with Crippen molar-refractivity contribution in [1.82, 2.24) is 0 Å². The minimum Gasteiger partial charge on any atom is -0.873 e. The van der Waals surface area contributed by atoms with Crippen LogP contribution in [0.5, 0.6) is 46.0 Å². The van der Waals surface area contributed by atoms with E-state index in [-0.39, 0.29) is 110 Å². The summed E-state index contributed by atoms with van der Waals surface area (Å²) >= 11 is 0. The summed E-state index contributed by atoms with van der Waals surface area (Å²) in [5.74, 6) is 1.28. The maximum Gasteiger partial charge on any atom is 0.115 e. The van der Waals surface area contributed by atoms with Gasteiger partial charge in [0.2, 0.25) is 0 Å². The molecule has 4 aromatic carbocycles. The molecule has 0 N–H and O–H groups in total.